The highest BCUT2D eigenvalue weighted by atomic mass is 16.5. The Balaban J connectivity index is 2.27. The van der Waals surface area contributed by atoms with Crippen molar-refractivity contribution in [1.82, 2.24) is 4.90 Å². The van der Waals surface area contributed by atoms with Crippen LogP contribution in [0.1, 0.15) is 32.3 Å². The SMILES string of the molecule is COc1ccc(C(C)(C)C(=O)N2CCCC(N)C2)cc1OC. The summed E-state index contributed by atoms with van der Waals surface area (Å²) in [6.07, 6.45) is 1.95. The Labute approximate surface area is 132 Å². The summed E-state index contributed by atoms with van der Waals surface area (Å²) >= 11 is 0. The number of hydrogen-bond donors (Lipinski definition) is 1. The molecule has 0 spiro atoms. The zero-order chi connectivity index (χ0) is 16.3. The minimum atomic E-state index is -0.628. The summed E-state index contributed by atoms with van der Waals surface area (Å²) in [5, 5.41) is 0. The lowest BCUT2D eigenvalue weighted by Crippen LogP contribution is -2.51. The van der Waals surface area contributed by atoms with Gasteiger partial charge in [0.1, 0.15) is 0 Å². The van der Waals surface area contributed by atoms with Crippen LogP contribution < -0.4 is 15.2 Å². The van der Waals surface area contributed by atoms with Gasteiger partial charge in [-0.15, -0.1) is 0 Å². The molecular formula is C17H26N2O3. The largest absolute Gasteiger partial charge is 0.493 e. The molecule has 2 N–H and O–H groups in total. The maximum atomic E-state index is 12.9. The Morgan fingerprint density at radius 2 is 1.95 bits per heavy atom. The molecule has 1 heterocycles. The molecule has 1 aliphatic rings. The van der Waals surface area contributed by atoms with Crippen molar-refractivity contribution in [1.29, 1.82) is 0 Å². The molecule has 122 valence electrons. The topological polar surface area (TPSA) is 64.8 Å². The van der Waals surface area contributed by atoms with Gasteiger partial charge in [0.05, 0.1) is 19.6 Å². The van der Waals surface area contributed by atoms with Crippen LogP contribution >= 0.6 is 0 Å². The van der Waals surface area contributed by atoms with Crippen molar-refractivity contribution < 1.29 is 14.3 Å². The number of ether oxygens (including phenoxy) is 2. The molecule has 1 unspecified atom stereocenters. The quantitative estimate of drug-likeness (QED) is 0.923. The van der Waals surface area contributed by atoms with Crippen LogP contribution in [-0.4, -0.2) is 44.2 Å². The van der Waals surface area contributed by atoms with Crippen molar-refractivity contribution in [3.63, 3.8) is 0 Å². The minimum absolute atomic E-state index is 0.0823. The monoisotopic (exact) mass is 306 g/mol. The van der Waals surface area contributed by atoms with Gasteiger partial charge >= 0.3 is 0 Å². The Bertz CT molecular complexity index is 543. The first kappa shape index (κ1) is 16.6. The molecule has 1 aromatic carbocycles. The summed E-state index contributed by atoms with van der Waals surface area (Å²) in [6.45, 7) is 5.30. The summed E-state index contributed by atoms with van der Waals surface area (Å²) in [4.78, 5) is 14.8. The van der Waals surface area contributed by atoms with E-state index in [1.54, 1.807) is 14.2 Å². The first-order valence-electron chi connectivity index (χ1n) is 7.67. The molecule has 5 nitrogen and oxygen atoms in total. The zero-order valence-corrected chi connectivity index (χ0v) is 13.9. The molecule has 0 radical (unpaired) electrons. The number of benzene rings is 1. The number of hydrogen-bond acceptors (Lipinski definition) is 4. The van der Waals surface area contributed by atoms with E-state index >= 15 is 0 Å². The summed E-state index contributed by atoms with van der Waals surface area (Å²) in [5.41, 5.74) is 6.28. The molecule has 1 amide bonds. The molecule has 2 rings (SSSR count). The van der Waals surface area contributed by atoms with Crippen molar-refractivity contribution >= 4 is 5.91 Å². The smallest absolute Gasteiger partial charge is 0.232 e. The average Bonchev–Trinajstić information content (AvgIpc) is 2.53. The third kappa shape index (κ3) is 3.19. The second kappa shape index (κ2) is 6.57. The van der Waals surface area contributed by atoms with Gasteiger partial charge in [0.2, 0.25) is 5.91 Å². The third-order valence-corrected chi connectivity index (χ3v) is 4.38. The number of nitrogens with two attached hydrogens (primary N) is 1. The summed E-state index contributed by atoms with van der Waals surface area (Å²) < 4.78 is 10.6. The van der Waals surface area contributed by atoms with Gasteiger partial charge < -0.3 is 20.1 Å². The van der Waals surface area contributed by atoms with Crippen LogP contribution in [0.4, 0.5) is 0 Å². The summed E-state index contributed by atoms with van der Waals surface area (Å²) in [7, 11) is 3.20. The van der Waals surface area contributed by atoms with Crippen LogP contribution in [0.2, 0.25) is 0 Å². The van der Waals surface area contributed by atoms with Gasteiger partial charge in [-0.2, -0.15) is 0 Å². The molecule has 22 heavy (non-hydrogen) atoms. The van der Waals surface area contributed by atoms with E-state index in [0.717, 1.165) is 24.9 Å². The number of carbonyl (C=O) groups is 1. The lowest BCUT2D eigenvalue weighted by atomic mass is 9.82. The van der Waals surface area contributed by atoms with Crippen LogP contribution in [0.15, 0.2) is 18.2 Å². The van der Waals surface area contributed by atoms with Crippen molar-refractivity contribution in [3.8, 4) is 11.5 Å². The highest BCUT2D eigenvalue weighted by Gasteiger charge is 2.35. The third-order valence-electron chi connectivity index (χ3n) is 4.38. The van der Waals surface area contributed by atoms with E-state index in [1.165, 1.54) is 0 Å². The Morgan fingerprint density at radius 1 is 1.27 bits per heavy atom. The fraction of sp³-hybridized carbons (Fsp3) is 0.588. The molecule has 0 aliphatic carbocycles. The highest BCUT2D eigenvalue weighted by Crippen LogP contribution is 2.34. The summed E-state index contributed by atoms with van der Waals surface area (Å²) in [5.74, 6) is 1.40. The van der Waals surface area contributed by atoms with Crippen molar-refractivity contribution in [2.45, 2.75) is 38.1 Å². The van der Waals surface area contributed by atoms with E-state index in [0.29, 0.717) is 18.0 Å². The number of amides is 1. The van der Waals surface area contributed by atoms with Crippen LogP contribution in [0.3, 0.4) is 0 Å². The van der Waals surface area contributed by atoms with Crippen LogP contribution in [0.25, 0.3) is 0 Å². The number of likely N-dealkylation sites (tertiary alicyclic amines) is 1. The number of carbonyl (C=O) groups excluding carboxylic acids is 1. The van der Waals surface area contributed by atoms with Gasteiger partial charge in [-0.25, -0.2) is 0 Å². The minimum Gasteiger partial charge on any atom is -0.493 e. The second-order valence-corrected chi connectivity index (χ2v) is 6.35. The fourth-order valence-electron chi connectivity index (χ4n) is 2.94. The Hall–Kier alpha value is -1.75. The average molecular weight is 306 g/mol. The van der Waals surface area contributed by atoms with Crippen molar-refractivity contribution in [2.24, 2.45) is 5.73 Å². The molecule has 1 aromatic rings. The van der Waals surface area contributed by atoms with E-state index in [4.69, 9.17) is 15.2 Å². The standard InChI is InChI=1S/C17H26N2O3/c1-17(2,16(20)19-9-5-6-13(18)11-19)12-7-8-14(21-3)15(10-12)22-4/h7-8,10,13H,5-6,9,11,18H2,1-4H3. The number of nitrogens with zero attached hydrogens (tertiary/aromatic N) is 1. The predicted molar refractivity (Wildman–Crippen MR) is 86.4 cm³/mol. The predicted octanol–water partition coefficient (Wildman–Crippen LogP) is 1.93. The van der Waals surface area contributed by atoms with Gasteiger partial charge in [-0.3, -0.25) is 4.79 Å². The number of piperidine rings is 1. The Kier molecular flexibility index (Phi) is 4.96. The van der Waals surface area contributed by atoms with E-state index in [1.807, 2.05) is 36.9 Å². The summed E-state index contributed by atoms with van der Waals surface area (Å²) in [6, 6.07) is 5.72. The molecule has 1 atom stereocenters. The molecule has 1 fully saturated rings. The van der Waals surface area contributed by atoms with E-state index in [-0.39, 0.29) is 11.9 Å². The number of rotatable bonds is 4. The first-order valence-corrected chi connectivity index (χ1v) is 7.67. The molecular weight excluding hydrogens is 280 g/mol. The lowest BCUT2D eigenvalue weighted by molar-refractivity contribution is -0.137. The first-order chi connectivity index (χ1) is 10.4. The molecule has 0 bridgehead atoms. The normalized spacial score (nSPS) is 19.0. The zero-order valence-electron chi connectivity index (χ0n) is 13.9. The van der Waals surface area contributed by atoms with Crippen LogP contribution in [0.5, 0.6) is 11.5 Å². The van der Waals surface area contributed by atoms with Gasteiger partial charge in [-0.05, 0) is 44.4 Å². The van der Waals surface area contributed by atoms with E-state index in [2.05, 4.69) is 0 Å². The van der Waals surface area contributed by atoms with Gasteiger partial charge in [0.25, 0.3) is 0 Å². The van der Waals surface area contributed by atoms with Crippen LogP contribution in [-0.2, 0) is 10.2 Å². The van der Waals surface area contributed by atoms with Crippen molar-refractivity contribution in [2.75, 3.05) is 27.3 Å². The fourth-order valence-corrected chi connectivity index (χ4v) is 2.94. The maximum absolute atomic E-state index is 12.9. The lowest BCUT2D eigenvalue weighted by Gasteiger charge is -2.37. The molecule has 1 aliphatic heterocycles. The van der Waals surface area contributed by atoms with E-state index in [9.17, 15) is 4.79 Å². The molecule has 1 saturated heterocycles. The van der Waals surface area contributed by atoms with Gasteiger partial charge in [0.15, 0.2) is 11.5 Å². The second-order valence-electron chi connectivity index (χ2n) is 6.35. The maximum Gasteiger partial charge on any atom is 0.232 e. The Morgan fingerprint density at radius 3 is 2.55 bits per heavy atom. The molecule has 5 heteroatoms. The van der Waals surface area contributed by atoms with Crippen LogP contribution in [0, 0.1) is 0 Å². The van der Waals surface area contributed by atoms with Gasteiger partial charge in [-0.1, -0.05) is 6.07 Å². The van der Waals surface area contributed by atoms with Gasteiger partial charge in [0, 0.05) is 19.1 Å². The molecule has 0 aromatic heterocycles. The van der Waals surface area contributed by atoms with Crippen molar-refractivity contribution in [3.05, 3.63) is 23.8 Å². The highest BCUT2D eigenvalue weighted by molar-refractivity contribution is 5.87. The molecule has 0 saturated carbocycles. The van der Waals surface area contributed by atoms with E-state index < -0.39 is 5.41 Å². The number of methoxy groups -OCH3 is 2.